The van der Waals surface area contributed by atoms with Gasteiger partial charge in [-0.2, -0.15) is 10.2 Å². The lowest BCUT2D eigenvalue weighted by atomic mass is 10.2. The van der Waals surface area contributed by atoms with Crippen LogP contribution in [0.25, 0.3) is 11.1 Å². The van der Waals surface area contributed by atoms with Crippen LogP contribution in [0.2, 0.25) is 0 Å². The van der Waals surface area contributed by atoms with Gasteiger partial charge in [0.2, 0.25) is 0 Å². The third-order valence-electron chi connectivity index (χ3n) is 2.72. The van der Waals surface area contributed by atoms with Crippen LogP contribution in [0.15, 0.2) is 22.6 Å². The number of aromatic nitrogens is 1. The van der Waals surface area contributed by atoms with E-state index in [-0.39, 0.29) is 11.5 Å². The lowest BCUT2D eigenvalue weighted by Gasteiger charge is -2.14. The molecule has 1 heterocycles. The Balaban J connectivity index is 2.31. The third kappa shape index (κ3) is 2.65. The van der Waals surface area contributed by atoms with E-state index in [4.69, 9.17) is 14.8 Å². The van der Waals surface area contributed by atoms with Gasteiger partial charge in [0.15, 0.2) is 5.58 Å². The van der Waals surface area contributed by atoms with Crippen molar-refractivity contribution < 1.29 is 14.3 Å². The number of fused-ring (bicyclic) bond motifs is 1. The van der Waals surface area contributed by atoms with Crippen molar-refractivity contribution in [2.45, 2.75) is 6.92 Å². The zero-order valence-corrected chi connectivity index (χ0v) is 10.6. The van der Waals surface area contributed by atoms with Crippen LogP contribution in [0, 0.1) is 17.2 Å². The first-order valence-electron chi connectivity index (χ1n) is 5.76. The van der Waals surface area contributed by atoms with Crippen molar-refractivity contribution in [2.24, 2.45) is 5.92 Å². The van der Waals surface area contributed by atoms with Gasteiger partial charge in [-0.1, -0.05) is 0 Å². The van der Waals surface area contributed by atoms with E-state index in [1.807, 2.05) is 6.92 Å². The predicted octanol–water partition coefficient (Wildman–Crippen LogP) is 2.12. The fourth-order valence-electron chi connectivity index (χ4n) is 1.74. The molecule has 0 aliphatic heterocycles. The van der Waals surface area contributed by atoms with Gasteiger partial charge in [0.05, 0.1) is 17.6 Å². The third-order valence-corrected chi connectivity index (χ3v) is 2.72. The minimum absolute atomic E-state index is 0.144. The fourth-order valence-corrected chi connectivity index (χ4v) is 1.74. The number of anilines is 1. The summed E-state index contributed by atoms with van der Waals surface area (Å²) in [5.74, 6) is -1.15. The van der Waals surface area contributed by atoms with Crippen LogP contribution in [0.5, 0.6) is 0 Å². The molecule has 1 unspecified atom stereocenters. The van der Waals surface area contributed by atoms with Gasteiger partial charge >= 0.3 is 5.97 Å². The smallest absolute Gasteiger partial charge is 0.335 e. The molecule has 0 radical (unpaired) electrons. The standard InChI is InChI=1S/C13H13N3O3/c1-8(6-14)7-16(2)13-15-10-4-3-9(12(17)18)5-11(10)19-13/h3-5,8H,7H2,1-2H3,(H,17,18). The summed E-state index contributed by atoms with van der Waals surface area (Å²) < 4.78 is 5.51. The molecule has 0 aliphatic rings. The van der Waals surface area contributed by atoms with Crippen molar-refractivity contribution in [1.29, 1.82) is 5.26 Å². The highest BCUT2D eigenvalue weighted by Crippen LogP contribution is 2.22. The van der Waals surface area contributed by atoms with Gasteiger partial charge in [-0.25, -0.2) is 4.79 Å². The topological polar surface area (TPSA) is 90.4 Å². The zero-order chi connectivity index (χ0) is 14.0. The highest BCUT2D eigenvalue weighted by Gasteiger charge is 2.14. The van der Waals surface area contributed by atoms with Crippen LogP contribution in [-0.4, -0.2) is 29.7 Å². The molecule has 98 valence electrons. The number of carboxylic acids is 1. The van der Waals surface area contributed by atoms with Gasteiger partial charge in [-0.3, -0.25) is 0 Å². The van der Waals surface area contributed by atoms with Gasteiger partial charge in [0, 0.05) is 13.6 Å². The van der Waals surface area contributed by atoms with E-state index in [0.29, 0.717) is 23.7 Å². The summed E-state index contributed by atoms with van der Waals surface area (Å²) in [5, 5.41) is 17.7. The van der Waals surface area contributed by atoms with E-state index in [0.717, 1.165) is 0 Å². The van der Waals surface area contributed by atoms with E-state index in [2.05, 4.69) is 11.1 Å². The van der Waals surface area contributed by atoms with Crippen molar-refractivity contribution in [3.05, 3.63) is 23.8 Å². The second-order valence-electron chi connectivity index (χ2n) is 4.39. The van der Waals surface area contributed by atoms with E-state index < -0.39 is 5.97 Å². The Hall–Kier alpha value is -2.55. The molecule has 0 saturated carbocycles. The first-order valence-corrected chi connectivity index (χ1v) is 5.76. The van der Waals surface area contributed by atoms with Gasteiger partial charge in [-0.15, -0.1) is 0 Å². The van der Waals surface area contributed by atoms with Crippen LogP contribution in [0.4, 0.5) is 6.01 Å². The number of aromatic carboxylic acids is 1. The molecule has 0 fully saturated rings. The van der Waals surface area contributed by atoms with Gasteiger partial charge in [0.1, 0.15) is 5.52 Å². The minimum Gasteiger partial charge on any atom is -0.478 e. The summed E-state index contributed by atoms with van der Waals surface area (Å²) in [6, 6.07) is 7.03. The normalized spacial score (nSPS) is 12.1. The molecule has 0 spiro atoms. The van der Waals surface area contributed by atoms with Crippen molar-refractivity contribution in [3.8, 4) is 6.07 Å². The average Bonchev–Trinajstić information content (AvgIpc) is 2.81. The minimum atomic E-state index is -1.01. The molecule has 1 atom stereocenters. The van der Waals surface area contributed by atoms with Crippen LogP contribution in [0.1, 0.15) is 17.3 Å². The summed E-state index contributed by atoms with van der Waals surface area (Å²) >= 11 is 0. The Labute approximate surface area is 109 Å². The predicted molar refractivity (Wildman–Crippen MR) is 69.0 cm³/mol. The number of hydrogen-bond acceptors (Lipinski definition) is 5. The Morgan fingerprint density at radius 2 is 2.37 bits per heavy atom. The molecule has 1 aromatic carbocycles. The number of rotatable bonds is 4. The molecule has 6 heteroatoms. The van der Waals surface area contributed by atoms with Crippen molar-refractivity contribution in [1.82, 2.24) is 4.98 Å². The van der Waals surface area contributed by atoms with Gasteiger partial charge in [0.25, 0.3) is 6.01 Å². The largest absolute Gasteiger partial charge is 0.478 e. The summed E-state index contributed by atoms with van der Waals surface area (Å²) in [6.07, 6.45) is 0. The first kappa shape index (κ1) is 12.9. The molecule has 19 heavy (non-hydrogen) atoms. The first-order chi connectivity index (χ1) is 9.01. The second-order valence-corrected chi connectivity index (χ2v) is 4.39. The van der Waals surface area contributed by atoms with Crippen molar-refractivity contribution >= 4 is 23.1 Å². The van der Waals surface area contributed by atoms with Crippen LogP contribution in [-0.2, 0) is 0 Å². The molecule has 1 aromatic heterocycles. The van der Waals surface area contributed by atoms with E-state index in [9.17, 15) is 4.79 Å². The lowest BCUT2D eigenvalue weighted by Crippen LogP contribution is -2.23. The monoisotopic (exact) mass is 259 g/mol. The molecule has 2 aromatic rings. The van der Waals surface area contributed by atoms with Crippen LogP contribution < -0.4 is 4.90 Å². The Kier molecular flexibility index (Phi) is 3.38. The lowest BCUT2D eigenvalue weighted by molar-refractivity contribution is 0.0697. The summed E-state index contributed by atoms with van der Waals surface area (Å²) in [4.78, 5) is 16.8. The second kappa shape index (κ2) is 4.98. The van der Waals surface area contributed by atoms with Crippen molar-refractivity contribution in [2.75, 3.05) is 18.5 Å². The van der Waals surface area contributed by atoms with E-state index in [1.165, 1.54) is 12.1 Å². The van der Waals surface area contributed by atoms with E-state index >= 15 is 0 Å². The maximum absolute atomic E-state index is 10.9. The molecule has 1 N–H and O–H groups in total. The Morgan fingerprint density at radius 1 is 1.63 bits per heavy atom. The SMILES string of the molecule is CC(C#N)CN(C)c1nc2ccc(C(=O)O)cc2o1. The summed E-state index contributed by atoms with van der Waals surface area (Å²) in [7, 11) is 1.77. The van der Waals surface area contributed by atoms with Gasteiger partial charge < -0.3 is 14.4 Å². The average molecular weight is 259 g/mol. The number of hydrogen-bond donors (Lipinski definition) is 1. The molecule has 0 amide bonds. The molecular weight excluding hydrogens is 246 g/mol. The Morgan fingerprint density at radius 3 is 3.00 bits per heavy atom. The number of nitrogens with zero attached hydrogens (tertiary/aromatic N) is 3. The maximum Gasteiger partial charge on any atom is 0.335 e. The maximum atomic E-state index is 10.9. The van der Waals surface area contributed by atoms with Crippen LogP contribution >= 0.6 is 0 Å². The zero-order valence-electron chi connectivity index (χ0n) is 10.6. The molecule has 6 nitrogen and oxygen atoms in total. The Bertz CT molecular complexity index is 657. The number of carboxylic acid groups (broad SMARTS) is 1. The molecule has 0 saturated heterocycles. The molecule has 2 rings (SSSR count). The summed E-state index contributed by atoms with van der Waals surface area (Å²) in [5.41, 5.74) is 1.17. The quantitative estimate of drug-likeness (QED) is 0.904. The number of benzene rings is 1. The van der Waals surface area contributed by atoms with E-state index in [1.54, 1.807) is 18.0 Å². The van der Waals surface area contributed by atoms with Crippen LogP contribution in [0.3, 0.4) is 0 Å². The number of nitriles is 1. The number of carbonyl (C=O) groups is 1. The molecule has 0 aliphatic carbocycles. The summed E-state index contributed by atoms with van der Waals surface area (Å²) in [6.45, 7) is 2.30. The molecule has 0 bridgehead atoms. The molecular formula is C13H13N3O3. The van der Waals surface area contributed by atoms with Crippen molar-refractivity contribution in [3.63, 3.8) is 0 Å². The highest BCUT2D eigenvalue weighted by atomic mass is 16.4. The van der Waals surface area contributed by atoms with Gasteiger partial charge in [-0.05, 0) is 25.1 Å². The highest BCUT2D eigenvalue weighted by molar-refractivity contribution is 5.92. The number of oxazole rings is 1. The fraction of sp³-hybridized carbons (Fsp3) is 0.308.